The molecule has 0 saturated carbocycles. The zero-order chi connectivity index (χ0) is 101. The number of carbonyl (C=O) groups is 7. The van der Waals surface area contributed by atoms with Gasteiger partial charge in [-0.1, -0.05) is 6.07 Å². The van der Waals surface area contributed by atoms with E-state index in [4.69, 9.17) is 4.74 Å². The van der Waals surface area contributed by atoms with Crippen molar-refractivity contribution in [3.63, 3.8) is 0 Å². The standard InChI is InChI=1S/C18H28N4O.C15H25F2N3O.C15H27N3O2.C15H27N3O.C14H24F3N3O.C14H23F2N3O.C14H25N3O/c1-20-12-8-15(9-13-20)17-7-5-11-22(17)18(23)21(2)14-16-6-3-4-10-19-16;1-18-8-4-12(5-9-18)13-3-2-7-20(13)14(21)19-10-6-15(16,17)11-19;1-16-8-5-12(6-9-16)14-4-3-7-18(14)15(19)17(2)13-10-20-11-13;1-16-11-6-13(7-12-16)14-5-4-10-18(14)15(19)17-8-2-3-9-17;1-18-8-5-11(6-9-18)12-4-3-7-20(12)13(21)19(2)10-14(15,16)17;1-17-7-4-11(5-8-17)12-3-2-6-19(12)13(20)18-9-14(15,16)10-18;1-15-10-5-12(6-11-15)13-4-2-9-17(13)14(18)16-7-3-8-16/h3-4,6,10,15,17H,5,7-9,11-14H2,1-2H3;12-13H,2-11H2,1H3;12-14H,3-11H2,1-2H3;13-14H,2-12H2,1H3;11-12H,3-10H2,1-2H3;11-12H,2-10H2,1H3;12-13H,2-11H2,1H3/t17-;13-;2*14-;2*12-;13-/m0000000/s1. The van der Waals surface area contributed by atoms with Crippen LogP contribution in [0.25, 0.3) is 0 Å². The number of hydrogen-bond acceptors (Lipinski definition) is 16. The normalized spacial score (nSPS) is 28.6. The minimum Gasteiger partial charge on any atom is -0.377 e. The molecule has 142 heavy (non-hydrogen) atoms. The maximum Gasteiger partial charge on any atom is 0.406 e. The van der Waals surface area contributed by atoms with Crippen molar-refractivity contribution in [3.05, 3.63) is 30.1 Å². The Hall–Kier alpha value is -6.77. The first kappa shape index (κ1) is 111. The molecule has 20 heterocycles. The van der Waals surface area contributed by atoms with E-state index in [0.29, 0.717) is 98.2 Å². The third-order valence-electron chi connectivity index (χ3n) is 35.7. The first-order valence-corrected chi connectivity index (χ1v) is 55.4. The average molecular weight is 2010 g/mol. The Kier molecular flexibility index (Phi) is 40.5. The van der Waals surface area contributed by atoms with Crippen molar-refractivity contribution in [3.8, 4) is 0 Å². The molecule has 0 aromatic carbocycles. The number of carbonyl (C=O) groups excluding carboxylic acids is 7. The van der Waals surface area contributed by atoms with Gasteiger partial charge in [0.05, 0.1) is 51.1 Å². The van der Waals surface area contributed by atoms with Gasteiger partial charge in [0.2, 0.25) is 0 Å². The van der Waals surface area contributed by atoms with Crippen LogP contribution < -0.4 is 0 Å². The molecule has 0 bridgehead atoms. The number of urea groups is 7. The second-order valence-electron chi connectivity index (χ2n) is 46.0. The van der Waals surface area contributed by atoms with Crippen molar-refractivity contribution in [2.45, 2.75) is 278 Å². The van der Waals surface area contributed by atoms with Gasteiger partial charge in [0, 0.05) is 155 Å². The van der Waals surface area contributed by atoms with Crippen molar-refractivity contribution in [2.24, 2.45) is 41.4 Å². The Balaban J connectivity index is 0.000000132. The zero-order valence-corrected chi connectivity index (χ0v) is 88.2. The number of likely N-dealkylation sites (tertiary alicyclic amines) is 18. The van der Waals surface area contributed by atoms with Crippen LogP contribution in [0.2, 0.25) is 0 Å². The van der Waals surface area contributed by atoms with Crippen LogP contribution in [0.1, 0.15) is 211 Å². The summed E-state index contributed by atoms with van der Waals surface area (Å²) in [5.41, 5.74) is 0.943. The molecule has 0 unspecified atom stereocenters. The second kappa shape index (κ2) is 51.9. The van der Waals surface area contributed by atoms with E-state index in [2.05, 4.69) is 113 Å². The summed E-state index contributed by atoms with van der Waals surface area (Å²) >= 11 is 0. The lowest BCUT2D eigenvalue weighted by molar-refractivity contribution is -0.138. The van der Waals surface area contributed by atoms with Crippen LogP contribution in [0.15, 0.2) is 24.4 Å². The van der Waals surface area contributed by atoms with Gasteiger partial charge in [0.15, 0.2) is 0 Å². The molecule has 0 N–H and O–H groups in total. The number of halogens is 7. The number of piperidine rings is 7. The number of alkyl halides is 7. The van der Waals surface area contributed by atoms with Crippen molar-refractivity contribution >= 4 is 42.2 Å². The van der Waals surface area contributed by atoms with E-state index in [1.807, 2.05) is 56.8 Å². The van der Waals surface area contributed by atoms with Gasteiger partial charge < -0.3 is 108 Å². The molecule has 30 nitrogen and oxygen atoms in total. The predicted octanol–water partition coefficient (Wildman–Crippen LogP) is 13.8. The van der Waals surface area contributed by atoms with E-state index in [0.717, 1.165) is 237 Å². The fourth-order valence-corrected chi connectivity index (χ4v) is 26.6. The van der Waals surface area contributed by atoms with Gasteiger partial charge in [-0.05, 0) is 394 Å². The summed E-state index contributed by atoms with van der Waals surface area (Å²) in [5, 5.41) is 0. The topological polar surface area (TPSA) is 210 Å². The van der Waals surface area contributed by atoms with Gasteiger partial charge in [0.25, 0.3) is 11.8 Å². The van der Waals surface area contributed by atoms with Crippen LogP contribution in [-0.4, -0.2) is 496 Å². The van der Waals surface area contributed by atoms with Gasteiger partial charge in [0.1, 0.15) is 6.54 Å². The molecule has 14 amide bonds. The lowest BCUT2D eigenvalue weighted by atomic mass is 9.88. The van der Waals surface area contributed by atoms with Crippen molar-refractivity contribution in [2.75, 3.05) is 280 Å². The molecule has 19 aliphatic rings. The summed E-state index contributed by atoms with van der Waals surface area (Å²) in [6.07, 6.45) is 32.7. The van der Waals surface area contributed by atoms with Crippen LogP contribution in [0.4, 0.5) is 64.3 Å². The molecule has 1 aromatic rings. The van der Waals surface area contributed by atoms with Gasteiger partial charge >= 0.3 is 48.4 Å². The summed E-state index contributed by atoms with van der Waals surface area (Å²) in [7, 11) is 20.2. The highest BCUT2D eigenvalue weighted by Crippen LogP contribution is 2.42. The molecule has 806 valence electrons. The first-order chi connectivity index (χ1) is 68.0. The van der Waals surface area contributed by atoms with Gasteiger partial charge in [-0.2, -0.15) is 13.2 Å². The van der Waals surface area contributed by atoms with E-state index < -0.39 is 50.2 Å². The third-order valence-corrected chi connectivity index (χ3v) is 35.7. The van der Waals surface area contributed by atoms with E-state index in [1.54, 1.807) is 11.1 Å². The second-order valence-corrected chi connectivity index (χ2v) is 46.0. The molecule has 0 aliphatic carbocycles. The Labute approximate surface area is 844 Å². The quantitative estimate of drug-likeness (QED) is 0.189. The van der Waals surface area contributed by atoms with Gasteiger partial charge in [-0.25, -0.2) is 51.1 Å². The molecule has 37 heteroatoms. The predicted molar refractivity (Wildman–Crippen MR) is 539 cm³/mol. The number of ether oxygens (including phenoxy) is 1. The molecule has 7 atom stereocenters. The number of pyridine rings is 1. The Morgan fingerprint density at radius 3 is 0.859 bits per heavy atom. The number of likely N-dealkylation sites (N-methyl/N-ethyl adjacent to an activating group) is 1. The van der Waals surface area contributed by atoms with Crippen LogP contribution in [0.3, 0.4) is 0 Å². The highest BCUT2D eigenvalue weighted by Gasteiger charge is 2.52. The Morgan fingerprint density at radius 1 is 0.324 bits per heavy atom. The van der Waals surface area contributed by atoms with E-state index >= 15 is 0 Å². The molecule has 19 fully saturated rings. The van der Waals surface area contributed by atoms with E-state index in [9.17, 15) is 64.3 Å². The summed E-state index contributed by atoms with van der Waals surface area (Å²) in [6, 6.07) is 8.99. The summed E-state index contributed by atoms with van der Waals surface area (Å²) in [5.74, 6) is -1.01. The molecular weight excluding hydrogens is 1830 g/mol. The van der Waals surface area contributed by atoms with Crippen LogP contribution in [0, 0.1) is 41.4 Å². The molecule has 0 radical (unpaired) electrons. The number of hydrogen-bond donors (Lipinski definition) is 0. The minimum atomic E-state index is -4.34. The van der Waals surface area contributed by atoms with Gasteiger partial charge in [-0.15, -0.1) is 0 Å². The Bertz CT molecular complexity index is 4050. The minimum absolute atomic E-state index is 0.113. The highest BCUT2D eigenvalue weighted by molar-refractivity contribution is 5.79. The zero-order valence-electron chi connectivity index (χ0n) is 88.2. The number of aromatic nitrogens is 1. The smallest absolute Gasteiger partial charge is 0.377 e. The average Bonchev–Trinajstić information content (AvgIpc) is 1.09. The van der Waals surface area contributed by atoms with Crippen LogP contribution >= 0.6 is 0 Å². The monoisotopic (exact) mass is 2010 g/mol. The van der Waals surface area contributed by atoms with E-state index in [-0.39, 0.29) is 55.2 Å². The largest absolute Gasteiger partial charge is 0.406 e. The molecular formula is C105H179F7N22O8. The lowest BCUT2D eigenvalue weighted by Crippen LogP contribution is -2.62. The maximum absolute atomic E-state index is 13.3. The SMILES string of the molecule is CN1CCC([C@@H]2CCCN2C(=O)N(C)C2COC2)CC1.CN1CCC([C@@H]2CCCN2C(=O)N(C)CC(F)(F)F)CC1.CN1CCC([C@@H]2CCCN2C(=O)N(C)Cc2ccccn2)CC1.CN1CCC([C@@H]2CCCN2C(=O)N2CC(F)(F)C2)CC1.CN1CCC([C@@H]2CCCN2C(=O)N2CCC(F)(F)C2)CC1.CN1CCC([C@@H]2CCCN2C(=O)N2CCC2)CC1.CN1CCC([C@@H]2CCCN2C(=O)N2CCCC2)CC1. The fourth-order valence-electron chi connectivity index (χ4n) is 26.6. The molecule has 19 saturated heterocycles. The van der Waals surface area contributed by atoms with Crippen LogP contribution in [-0.2, 0) is 11.3 Å². The fraction of sp³-hybridized carbons (Fsp3) is 0.886. The number of amides is 14. The molecule has 0 spiro atoms. The number of nitrogens with zero attached hydrogens (tertiary/aromatic N) is 22. The third kappa shape index (κ3) is 30.1. The molecule has 19 aliphatic heterocycles. The Morgan fingerprint density at radius 2 is 0.599 bits per heavy atom. The van der Waals surface area contributed by atoms with Gasteiger partial charge in [-0.3, -0.25) is 4.98 Å². The summed E-state index contributed by atoms with van der Waals surface area (Å²) in [6.45, 7) is 25.4. The van der Waals surface area contributed by atoms with Crippen LogP contribution in [0.5, 0.6) is 0 Å². The lowest BCUT2D eigenvalue weighted by Gasteiger charge is -2.43. The van der Waals surface area contributed by atoms with E-state index in [1.165, 1.54) is 159 Å². The highest BCUT2D eigenvalue weighted by atomic mass is 19.4. The van der Waals surface area contributed by atoms with Crippen molar-refractivity contribution in [1.29, 1.82) is 0 Å². The summed E-state index contributed by atoms with van der Waals surface area (Å²) in [4.78, 5) is 134. The number of rotatable bonds is 11. The van der Waals surface area contributed by atoms with Crippen molar-refractivity contribution < 1.29 is 69.0 Å². The maximum atomic E-state index is 13.3. The molecule has 20 rings (SSSR count). The summed E-state index contributed by atoms with van der Waals surface area (Å²) < 4.78 is 95.0. The first-order valence-electron chi connectivity index (χ1n) is 55.4. The van der Waals surface area contributed by atoms with Crippen molar-refractivity contribution in [1.82, 2.24) is 108 Å². The molecule has 1 aromatic heterocycles.